The molecule has 2 aromatic carbocycles. The fourth-order valence-electron chi connectivity index (χ4n) is 3.06. The lowest BCUT2D eigenvalue weighted by atomic mass is 10.0. The van der Waals surface area contributed by atoms with Crippen molar-refractivity contribution in [1.29, 1.82) is 5.26 Å². The molecule has 0 bridgehead atoms. The van der Waals surface area contributed by atoms with Crippen molar-refractivity contribution in [2.75, 3.05) is 0 Å². The molecule has 0 spiro atoms. The van der Waals surface area contributed by atoms with Crippen LogP contribution in [-0.2, 0) is 4.79 Å². The van der Waals surface area contributed by atoms with Gasteiger partial charge in [-0.15, -0.1) is 0 Å². The molecular weight excluding hydrogens is 384 g/mol. The fraction of sp³-hybridized carbons (Fsp3) is 0.182. The zero-order chi connectivity index (χ0) is 21.8. The molecule has 0 aliphatic carbocycles. The fourth-order valence-corrected chi connectivity index (χ4v) is 3.06. The van der Waals surface area contributed by atoms with Crippen LogP contribution in [0.4, 0.5) is 0 Å². The number of nitrogens with one attached hydrogen (secondary N) is 1. The Morgan fingerprint density at radius 1 is 1.17 bits per heavy atom. The molecule has 1 atom stereocenters. The zero-order valence-electron chi connectivity index (χ0n) is 16.5. The van der Waals surface area contributed by atoms with Gasteiger partial charge in [0.1, 0.15) is 0 Å². The Hall–Kier alpha value is -4.12. The first-order chi connectivity index (χ1) is 14.3. The maximum absolute atomic E-state index is 12.7. The molecule has 0 fully saturated rings. The van der Waals surface area contributed by atoms with Crippen molar-refractivity contribution in [3.05, 3.63) is 76.5 Å². The van der Waals surface area contributed by atoms with Crippen LogP contribution < -0.4 is 5.32 Å². The second-order valence-corrected chi connectivity index (χ2v) is 6.95. The predicted octanol–water partition coefficient (Wildman–Crippen LogP) is 3.01. The molecule has 0 aliphatic rings. The maximum Gasteiger partial charge on any atom is 0.305 e. The molecule has 0 saturated heterocycles. The van der Waals surface area contributed by atoms with E-state index in [0.29, 0.717) is 16.8 Å². The summed E-state index contributed by atoms with van der Waals surface area (Å²) in [5, 5.41) is 35.3. The molecule has 30 heavy (non-hydrogen) atoms. The number of nitrogens with zero attached hydrogens (tertiary/aromatic N) is 3. The monoisotopic (exact) mass is 404 g/mol. The van der Waals surface area contributed by atoms with E-state index in [1.165, 1.54) is 10.7 Å². The Labute approximate surface area is 173 Å². The summed E-state index contributed by atoms with van der Waals surface area (Å²) >= 11 is 0. The first kappa shape index (κ1) is 20.6. The summed E-state index contributed by atoms with van der Waals surface area (Å²) < 4.78 is 1.27. The van der Waals surface area contributed by atoms with Gasteiger partial charge in [-0.1, -0.05) is 24.3 Å². The predicted molar refractivity (Wildman–Crippen MR) is 108 cm³/mol. The average Bonchev–Trinajstić information content (AvgIpc) is 3.10. The molecule has 3 rings (SSSR count). The van der Waals surface area contributed by atoms with Crippen molar-refractivity contribution in [3.8, 4) is 17.6 Å². The third kappa shape index (κ3) is 4.47. The molecule has 3 aromatic rings. The number of aromatic nitrogens is 2. The Morgan fingerprint density at radius 3 is 2.50 bits per heavy atom. The van der Waals surface area contributed by atoms with Crippen molar-refractivity contribution in [2.45, 2.75) is 26.3 Å². The molecule has 152 valence electrons. The highest BCUT2D eigenvalue weighted by Gasteiger charge is 2.22. The molecule has 1 aromatic heterocycles. The van der Waals surface area contributed by atoms with Crippen LogP contribution in [0.15, 0.2) is 48.5 Å². The van der Waals surface area contributed by atoms with Crippen LogP contribution in [0.1, 0.15) is 45.2 Å². The van der Waals surface area contributed by atoms with Crippen molar-refractivity contribution >= 4 is 11.9 Å². The normalized spacial score (nSPS) is 11.5. The number of aryl methyl sites for hydroxylation is 2. The molecule has 1 unspecified atom stereocenters. The number of aliphatic carboxylic acids is 1. The van der Waals surface area contributed by atoms with E-state index in [1.54, 1.807) is 24.3 Å². The number of carboxylic acids is 1. The number of benzene rings is 2. The van der Waals surface area contributed by atoms with Crippen LogP contribution in [0.3, 0.4) is 0 Å². The van der Waals surface area contributed by atoms with Gasteiger partial charge in [-0.3, -0.25) is 9.59 Å². The highest BCUT2D eigenvalue weighted by atomic mass is 16.4. The van der Waals surface area contributed by atoms with Crippen LogP contribution in [0.5, 0.6) is 5.88 Å². The van der Waals surface area contributed by atoms with E-state index < -0.39 is 17.9 Å². The van der Waals surface area contributed by atoms with Crippen molar-refractivity contribution in [1.82, 2.24) is 15.1 Å². The molecule has 0 saturated carbocycles. The number of amides is 1. The van der Waals surface area contributed by atoms with Gasteiger partial charge in [0.25, 0.3) is 5.91 Å². The minimum Gasteiger partial charge on any atom is -0.493 e. The van der Waals surface area contributed by atoms with Gasteiger partial charge in [0.2, 0.25) is 5.88 Å². The first-order valence-electron chi connectivity index (χ1n) is 9.18. The number of hydrogen-bond acceptors (Lipinski definition) is 5. The number of hydrogen-bond donors (Lipinski definition) is 3. The SMILES string of the molecule is Cc1ccc(C)c(-n2nc(C(=O)NC(CC(=O)O)c3ccc(C#N)cc3)cc2O)c1. The summed E-state index contributed by atoms with van der Waals surface area (Å²) in [6.45, 7) is 3.77. The summed E-state index contributed by atoms with van der Waals surface area (Å²) in [5.74, 6) is -1.92. The molecule has 8 heteroatoms. The highest BCUT2D eigenvalue weighted by Crippen LogP contribution is 2.23. The lowest BCUT2D eigenvalue weighted by Gasteiger charge is -2.17. The van der Waals surface area contributed by atoms with Gasteiger partial charge in [0.15, 0.2) is 5.69 Å². The van der Waals surface area contributed by atoms with Crippen LogP contribution >= 0.6 is 0 Å². The van der Waals surface area contributed by atoms with E-state index in [2.05, 4.69) is 10.4 Å². The van der Waals surface area contributed by atoms with Gasteiger partial charge < -0.3 is 15.5 Å². The standard InChI is InChI=1S/C22H20N4O4/c1-13-3-4-14(2)19(9-13)26-20(27)10-18(25-26)22(30)24-17(11-21(28)29)16-7-5-15(12-23)6-8-16/h3-10,17,27H,11H2,1-2H3,(H,24,30)(H,28,29). The highest BCUT2D eigenvalue weighted by molar-refractivity contribution is 5.93. The van der Waals surface area contributed by atoms with E-state index in [0.717, 1.165) is 11.1 Å². The average molecular weight is 404 g/mol. The van der Waals surface area contributed by atoms with Crippen LogP contribution in [0, 0.1) is 25.2 Å². The summed E-state index contributed by atoms with van der Waals surface area (Å²) in [4.78, 5) is 24.0. The number of aromatic hydroxyl groups is 1. The molecule has 0 aliphatic heterocycles. The Bertz CT molecular complexity index is 1140. The molecular formula is C22H20N4O4. The van der Waals surface area contributed by atoms with Crippen molar-refractivity contribution in [2.24, 2.45) is 0 Å². The van der Waals surface area contributed by atoms with Gasteiger partial charge in [-0.05, 0) is 48.7 Å². The molecule has 3 N–H and O–H groups in total. The smallest absolute Gasteiger partial charge is 0.305 e. The van der Waals surface area contributed by atoms with Crippen LogP contribution in [-0.4, -0.2) is 31.9 Å². The van der Waals surface area contributed by atoms with Gasteiger partial charge in [-0.2, -0.15) is 10.4 Å². The minimum absolute atomic E-state index is 0.0440. The van der Waals surface area contributed by atoms with Crippen molar-refractivity contribution in [3.63, 3.8) is 0 Å². The minimum atomic E-state index is -1.09. The number of carbonyl (C=O) groups excluding carboxylic acids is 1. The van der Waals surface area contributed by atoms with Crippen LogP contribution in [0.25, 0.3) is 5.69 Å². The lowest BCUT2D eigenvalue weighted by molar-refractivity contribution is -0.137. The second kappa shape index (κ2) is 8.49. The first-order valence-corrected chi connectivity index (χ1v) is 9.18. The number of carboxylic acid groups (broad SMARTS) is 1. The molecule has 1 amide bonds. The van der Waals surface area contributed by atoms with E-state index in [9.17, 15) is 19.8 Å². The van der Waals surface area contributed by atoms with Gasteiger partial charge in [-0.25, -0.2) is 4.68 Å². The second-order valence-electron chi connectivity index (χ2n) is 6.95. The van der Waals surface area contributed by atoms with Crippen LogP contribution in [0.2, 0.25) is 0 Å². The quantitative estimate of drug-likeness (QED) is 0.579. The zero-order valence-corrected chi connectivity index (χ0v) is 16.5. The summed E-state index contributed by atoms with van der Waals surface area (Å²) in [6, 6.07) is 14.4. The Kier molecular flexibility index (Phi) is 5.83. The number of rotatable bonds is 6. The van der Waals surface area contributed by atoms with E-state index >= 15 is 0 Å². The third-order valence-electron chi connectivity index (χ3n) is 4.64. The van der Waals surface area contributed by atoms with E-state index in [4.69, 9.17) is 5.26 Å². The summed E-state index contributed by atoms with van der Waals surface area (Å²) in [6.07, 6.45) is -0.346. The molecule has 1 heterocycles. The molecule has 0 radical (unpaired) electrons. The van der Waals surface area contributed by atoms with Gasteiger partial charge in [0, 0.05) is 6.07 Å². The topological polar surface area (TPSA) is 128 Å². The lowest BCUT2D eigenvalue weighted by Crippen LogP contribution is -2.30. The van der Waals surface area contributed by atoms with Gasteiger partial charge in [0.05, 0.1) is 29.8 Å². The molecule has 8 nitrogen and oxygen atoms in total. The maximum atomic E-state index is 12.7. The summed E-state index contributed by atoms with van der Waals surface area (Å²) in [5.41, 5.74) is 3.41. The van der Waals surface area contributed by atoms with Crippen molar-refractivity contribution < 1.29 is 19.8 Å². The Balaban J connectivity index is 1.88. The number of nitriles is 1. The summed E-state index contributed by atoms with van der Waals surface area (Å²) in [7, 11) is 0. The van der Waals surface area contributed by atoms with E-state index in [-0.39, 0.29) is 18.0 Å². The van der Waals surface area contributed by atoms with E-state index in [1.807, 2.05) is 38.1 Å². The Morgan fingerprint density at radius 2 is 1.87 bits per heavy atom. The third-order valence-corrected chi connectivity index (χ3v) is 4.64. The van der Waals surface area contributed by atoms with Gasteiger partial charge >= 0.3 is 5.97 Å². The number of carbonyl (C=O) groups is 2. The largest absolute Gasteiger partial charge is 0.493 e.